The number of aromatic nitrogens is 3. The van der Waals surface area contributed by atoms with Crippen molar-refractivity contribution in [2.24, 2.45) is 0 Å². The van der Waals surface area contributed by atoms with E-state index < -0.39 is 5.69 Å². The molecule has 0 fully saturated rings. The normalized spacial score (nSPS) is 10.5. The summed E-state index contributed by atoms with van der Waals surface area (Å²) in [6.45, 7) is 0. The number of halogens is 2. The van der Waals surface area contributed by atoms with Gasteiger partial charge in [-0.15, -0.1) is 11.3 Å². The molecule has 8 heteroatoms. The zero-order valence-corrected chi connectivity index (χ0v) is 9.45. The largest absolute Gasteiger partial charge is 0.368 e. The van der Waals surface area contributed by atoms with Gasteiger partial charge in [0.1, 0.15) is 10.2 Å². The van der Waals surface area contributed by atoms with Gasteiger partial charge in [-0.2, -0.15) is 9.97 Å². The van der Waals surface area contributed by atoms with Crippen LogP contribution in [-0.4, -0.2) is 15.0 Å². The minimum absolute atomic E-state index is 0.105. The lowest BCUT2D eigenvalue weighted by molar-refractivity contribution is 1.01. The zero-order chi connectivity index (χ0) is 11.0. The number of hydrogen-bond donors (Lipinski definition) is 2. The molecule has 2 heterocycles. The van der Waals surface area contributed by atoms with Crippen molar-refractivity contribution >= 4 is 40.5 Å². The molecule has 5 nitrogen and oxygen atoms in total. The molecule has 0 aromatic carbocycles. The van der Waals surface area contributed by atoms with Gasteiger partial charge in [0, 0.05) is 5.56 Å². The summed E-state index contributed by atoms with van der Waals surface area (Å²) in [5.74, 6) is 0.160. The Balaban J connectivity index is 2.63. The van der Waals surface area contributed by atoms with E-state index in [0.29, 0.717) is 14.2 Å². The predicted octanol–water partition coefficient (Wildman–Crippen LogP) is 1.78. The van der Waals surface area contributed by atoms with E-state index >= 15 is 0 Å². The Morgan fingerprint density at radius 1 is 1.40 bits per heavy atom. The second-order valence-corrected chi connectivity index (χ2v) is 4.88. The van der Waals surface area contributed by atoms with Gasteiger partial charge < -0.3 is 5.73 Å². The quantitative estimate of drug-likeness (QED) is 0.821. The van der Waals surface area contributed by atoms with Gasteiger partial charge in [-0.1, -0.05) is 23.2 Å². The highest BCUT2D eigenvalue weighted by Gasteiger charge is 2.11. The average molecular weight is 263 g/mol. The van der Waals surface area contributed by atoms with Crippen molar-refractivity contribution in [1.82, 2.24) is 15.0 Å². The second kappa shape index (κ2) is 3.80. The van der Waals surface area contributed by atoms with Gasteiger partial charge in [-0.25, -0.2) is 4.79 Å². The van der Waals surface area contributed by atoms with Crippen molar-refractivity contribution in [1.29, 1.82) is 0 Å². The number of hydrogen-bond acceptors (Lipinski definition) is 5. The van der Waals surface area contributed by atoms with Gasteiger partial charge in [0.05, 0.1) is 4.34 Å². The van der Waals surface area contributed by atoms with Gasteiger partial charge >= 0.3 is 5.69 Å². The van der Waals surface area contributed by atoms with Crippen LogP contribution in [0.3, 0.4) is 0 Å². The fourth-order valence-corrected chi connectivity index (χ4v) is 2.50. The van der Waals surface area contributed by atoms with Gasteiger partial charge in [0.25, 0.3) is 0 Å². The minimum atomic E-state index is -0.573. The standard InChI is InChI=1S/C7H4Cl2N4OS/c8-3-1-2(4(9)15-3)5-11-6(10)13-7(14)12-5/h1H,(H3,10,11,12,13,14). The topological polar surface area (TPSA) is 84.7 Å². The molecule has 0 aliphatic carbocycles. The molecule has 2 aromatic rings. The Morgan fingerprint density at radius 3 is 2.67 bits per heavy atom. The van der Waals surface area contributed by atoms with Crippen molar-refractivity contribution in [3.8, 4) is 11.4 Å². The van der Waals surface area contributed by atoms with E-state index in [-0.39, 0.29) is 11.8 Å². The first-order chi connectivity index (χ1) is 7.06. The molecule has 0 atom stereocenters. The maximum atomic E-state index is 11.0. The SMILES string of the molecule is Nc1nc(-c2cc(Cl)sc2Cl)[nH]c(=O)n1. The van der Waals surface area contributed by atoms with Crippen LogP contribution in [-0.2, 0) is 0 Å². The first-order valence-corrected chi connectivity index (χ1v) is 5.32. The molecule has 2 rings (SSSR count). The third-order valence-corrected chi connectivity index (χ3v) is 3.07. The monoisotopic (exact) mass is 262 g/mol. The Kier molecular flexibility index (Phi) is 2.64. The number of anilines is 1. The van der Waals surface area contributed by atoms with Crippen molar-refractivity contribution < 1.29 is 0 Å². The Hall–Kier alpha value is -1.11. The van der Waals surface area contributed by atoms with Crippen LogP contribution >= 0.6 is 34.5 Å². The molecule has 0 saturated heterocycles. The lowest BCUT2D eigenvalue weighted by Gasteiger charge is -1.97. The first kappa shape index (κ1) is 10.4. The number of nitrogens with two attached hydrogens (primary N) is 1. The molecular formula is C7H4Cl2N4OS. The number of nitrogen functional groups attached to an aromatic ring is 1. The number of nitrogens with zero attached hydrogens (tertiary/aromatic N) is 2. The fraction of sp³-hybridized carbons (Fsp3) is 0. The molecule has 15 heavy (non-hydrogen) atoms. The average Bonchev–Trinajstić information content (AvgIpc) is 2.43. The fourth-order valence-electron chi connectivity index (χ4n) is 1.03. The van der Waals surface area contributed by atoms with Crippen LogP contribution in [0.4, 0.5) is 5.95 Å². The number of thiophene rings is 1. The minimum Gasteiger partial charge on any atom is -0.368 e. The summed E-state index contributed by atoms with van der Waals surface area (Å²) >= 11 is 12.8. The lowest BCUT2D eigenvalue weighted by Crippen LogP contribution is -2.15. The van der Waals surface area contributed by atoms with Crippen LogP contribution in [0, 0.1) is 0 Å². The van der Waals surface area contributed by atoms with Gasteiger partial charge in [-0.3, -0.25) is 4.98 Å². The first-order valence-electron chi connectivity index (χ1n) is 3.75. The van der Waals surface area contributed by atoms with Crippen LogP contribution in [0.5, 0.6) is 0 Å². The van der Waals surface area contributed by atoms with E-state index in [1.807, 2.05) is 0 Å². The highest BCUT2D eigenvalue weighted by Crippen LogP contribution is 2.36. The summed E-state index contributed by atoms with van der Waals surface area (Å²) in [6, 6.07) is 1.60. The smallest absolute Gasteiger partial charge is 0.349 e. The zero-order valence-electron chi connectivity index (χ0n) is 7.12. The van der Waals surface area contributed by atoms with E-state index in [1.165, 1.54) is 11.3 Å². The molecule has 78 valence electrons. The number of nitrogens with one attached hydrogen (secondary N) is 1. The van der Waals surface area contributed by atoms with Crippen molar-refractivity contribution in [2.45, 2.75) is 0 Å². The molecule has 0 spiro atoms. The van der Waals surface area contributed by atoms with Crippen LogP contribution < -0.4 is 11.4 Å². The second-order valence-electron chi connectivity index (χ2n) is 2.60. The molecule has 0 aliphatic heterocycles. The van der Waals surface area contributed by atoms with Gasteiger partial charge in [-0.05, 0) is 6.07 Å². The summed E-state index contributed by atoms with van der Waals surface area (Å²) < 4.78 is 0.946. The lowest BCUT2D eigenvalue weighted by atomic mass is 10.3. The van der Waals surface area contributed by atoms with Crippen molar-refractivity contribution in [3.63, 3.8) is 0 Å². The number of aromatic amines is 1. The summed E-state index contributed by atoms with van der Waals surface area (Å²) in [7, 11) is 0. The maximum absolute atomic E-state index is 11.0. The van der Waals surface area contributed by atoms with Gasteiger partial charge in [0.2, 0.25) is 5.95 Å². The molecule has 0 bridgehead atoms. The maximum Gasteiger partial charge on any atom is 0.349 e. The van der Waals surface area contributed by atoms with E-state index in [2.05, 4.69) is 15.0 Å². The van der Waals surface area contributed by atoms with Crippen LogP contribution in [0.2, 0.25) is 8.67 Å². The molecule has 0 saturated carbocycles. The summed E-state index contributed by atoms with van der Waals surface area (Å²) in [5, 5.41) is 0. The van der Waals surface area contributed by atoms with Crippen LogP contribution in [0.15, 0.2) is 10.9 Å². The summed E-state index contributed by atoms with van der Waals surface area (Å²) in [6.07, 6.45) is 0. The third-order valence-electron chi connectivity index (χ3n) is 1.58. The van der Waals surface area contributed by atoms with Crippen molar-refractivity contribution in [2.75, 3.05) is 5.73 Å². The van der Waals surface area contributed by atoms with Crippen LogP contribution in [0.25, 0.3) is 11.4 Å². The molecular weight excluding hydrogens is 259 g/mol. The summed E-state index contributed by atoms with van der Waals surface area (Å²) in [4.78, 5) is 20.7. The highest BCUT2D eigenvalue weighted by molar-refractivity contribution is 7.20. The van der Waals surface area contributed by atoms with Gasteiger partial charge in [0.15, 0.2) is 0 Å². The number of rotatable bonds is 1. The van der Waals surface area contributed by atoms with E-state index in [4.69, 9.17) is 28.9 Å². The Morgan fingerprint density at radius 2 is 2.13 bits per heavy atom. The van der Waals surface area contributed by atoms with E-state index in [9.17, 15) is 4.79 Å². The molecule has 0 unspecified atom stereocenters. The molecule has 0 radical (unpaired) electrons. The van der Waals surface area contributed by atoms with Crippen LogP contribution in [0.1, 0.15) is 0 Å². The highest BCUT2D eigenvalue weighted by atomic mass is 35.5. The molecule has 2 aromatic heterocycles. The third kappa shape index (κ3) is 2.11. The van der Waals surface area contributed by atoms with E-state index in [0.717, 1.165) is 0 Å². The van der Waals surface area contributed by atoms with E-state index in [1.54, 1.807) is 6.07 Å². The Labute approximate surface area is 97.9 Å². The molecule has 0 amide bonds. The Bertz CT molecular complexity index is 564. The summed E-state index contributed by atoms with van der Waals surface area (Å²) in [5.41, 5.74) is 5.31. The predicted molar refractivity (Wildman–Crippen MR) is 60.4 cm³/mol. The number of H-pyrrole nitrogens is 1. The van der Waals surface area contributed by atoms with Crippen molar-refractivity contribution in [3.05, 3.63) is 25.2 Å². The molecule has 0 aliphatic rings. The molecule has 3 N–H and O–H groups in total.